The first-order chi connectivity index (χ1) is 15.2. The van der Waals surface area contributed by atoms with E-state index in [-0.39, 0.29) is 0 Å². The number of hydrogen-bond acceptors (Lipinski definition) is 6. The molecule has 4 aromatic rings. The van der Waals surface area contributed by atoms with Gasteiger partial charge >= 0.3 is 0 Å². The first kappa shape index (κ1) is 19.2. The van der Waals surface area contributed by atoms with Crippen LogP contribution in [0, 0.1) is 17.2 Å². The molecule has 3 heterocycles. The molecule has 2 N–H and O–H groups in total. The smallest absolute Gasteiger partial charge is 0.145 e. The molecule has 0 saturated carbocycles. The van der Waals surface area contributed by atoms with Gasteiger partial charge in [0.2, 0.25) is 0 Å². The fraction of sp³-hybridized carbons (Fsp3) is 0.250. The number of aromatic nitrogens is 4. The molecule has 0 bridgehead atoms. The maximum absolute atomic E-state index is 9.15. The highest BCUT2D eigenvalue weighted by molar-refractivity contribution is 5.87. The van der Waals surface area contributed by atoms with Gasteiger partial charge in [-0.2, -0.15) is 10.4 Å². The van der Waals surface area contributed by atoms with Crippen LogP contribution in [0.1, 0.15) is 12.0 Å². The van der Waals surface area contributed by atoms with Crippen molar-refractivity contribution in [2.75, 3.05) is 25.0 Å². The van der Waals surface area contributed by atoms with Gasteiger partial charge in [-0.15, -0.1) is 0 Å². The molecule has 1 fully saturated rings. The van der Waals surface area contributed by atoms with Crippen LogP contribution < -0.4 is 10.6 Å². The highest BCUT2D eigenvalue weighted by atomic mass is 15.2. The summed E-state index contributed by atoms with van der Waals surface area (Å²) < 4.78 is 1.81. The van der Waals surface area contributed by atoms with Crippen molar-refractivity contribution in [1.29, 1.82) is 5.26 Å². The minimum atomic E-state index is 0.604. The standard InChI is InChI=1S/C24H23N7/c1-31-15-20-10-19(6-7-21(20)30-31)23-24(18-4-2-16(11-25)3-5-18)29-22(14-28-23)27-13-17-8-9-26-12-17/h2-7,10,14-15,17,26H,8-9,12-13H2,1H3,(H,27,29). The van der Waals surface area contributed by atoms with Crippen LogP contribution in [-0.2, 0) is 7.05 Å². The molecule has 1 saturated heterocycles. The Labute approximate surface area is 180 Å². The van der Waals surface area contributed by atoms with Crippen LogP contribution in [0.3, 0.4) is 0 Å². The van der Waals surface area contributed by atoms with Gasteiger partial charge in [0.25, 0.3) is 0 Å². The Bertz CT molecular complexity index is 1260. The number of nitrogens with zero attached hydrogens (tertiary/aromatic N) is 5. The third-order valence-corrected chi connectivity index (χ3v) is 5.69. The van der Waals surface area contributed by atoms with Crippen molar-refractivity contribution in [3.05, 3.63) is 60.4 Å². The molecule has 5 rings (SSSR count). The van der Waals surface area contributed by atoms with Crippen LogP contribution in [0.5, 0.6) is 0 Å². The molecule has 1 aliphatic heterocycles. The van der Waals surface area contributed by atoms with Gasteiger partial charge in [0.15, 0.2) is 0 Å². The zero-order valence-electron chi connectivity index (χ0n) is 17.3. The first-order valence-electron chi connectivity index (χ1n) is 10.5. The molecule has 31 heavy (non-hydrogen) atoms. The monoisotopic (exact) mass is 409 g/mol. The molecule has 0 amide bonds. The molecule has 7 heteroatoms. The Kier molecular flexibility index (Phi) is 5.06. The van der Waals surface area contributed by atoms with Gasteiger partial charge in [0.1, 0.15) is 5.82 Å². The molecular weight excluding hydrogens is 386 g/mol. The summed E-state index contributed by atoms with van der Waals surface area (Å²) >= 11 is 0. The minimum absolute atomic E-state index is 0.604. The van der Waals surface area contributed by atoms with E-state index in [9.17, 15) is 0 Å². The number of nitrogens with one attached hydrogen (secondary N) is 2. The number of rotatable bonds is 5. The summed E-state index contributed by atoms with van der Waals surface area (Å²) in [4.78, 5) is 9.72. The van der Waals surface area contributed by atoms with E-state index >= 15 is 0 Å². The maximum Gasteiger partial charge on any atom is 0.145 e. The quantitative estimate of drug-likeness (QED) is 0.523. The van der Waals surface area contributed by atoms with E-state index in [1.165, 1.54) is 6.42 Å². The van der Waals surface area contributed by atoms with Crippen molar-refractivity contribution in [1.82, 2.24) is 25.1 Å². The Morgan fingerprint density at radius 2 is 2.00 bits per heavy atom. The number of nitriles is 1. The van der Waals surface area contributed by atoms with Crippen molar-refractivity contribution in [3.8, 4) is 28.6 Å². The molecule has 0 radical (unpaired) electrons. The number of benzene rings is 2. The van der Waals surface area contributed by atoms with Gasteiger partial charge in [-0.1, -0.05) is 18.2 Å². The molecule has 2 aromatic carbocycles. The summed E-state index contributed by atoms with van der Waals surface area (Å²) in [6.45, 7) is 2.98. The molecule has 0 aliphatic carbocycles. The second kappa shape index (κ2) is 8.17. The van der Waals surface area contributed by atoms with E-state index in [1.54, 1.807) is 6.20 Å². The summed E-state index contributed by atoms with van der Waals surface area (Å²) in [6.07, 6.45) is 4.98. The lowest BCUT2D eigenvalue weighted by molar-refractivity contribution is 0.614. The Morgan fingerprint density at radius 1 is 1.16 bits per heavy atom. The third-order valence-electron chi connectivity index (χ3n) is 5.69. The highest BCUT2D eigenvalue weighted by Crippen LogP contribution is 2.31. The molecule has 1 aliphatic rings. The second-order valence-corrected chi connectivity index (χ2v) is 7.96. The van der Waals surface area contributed by atoms with Crippen molar-refractivity contribution >= 4 is 16.7 Å². The van der Waals surface area contributed by atoms with Crippen LogP contribution in [0.25, 0.3) is 33.4 Å². The van der Waals surface area contributed by atoms with E-state index in [0.29, 0.717) is 11.5 Å². The molecule has 7 nitrogen and oxygen atoms in total. The van der Waals surface area contributed by atoms with Gasteiger partial charge in [-0.3, -0.25) is 9.67 Å². The summed E-state index contributed by atoms with van der Waals surface area (Å²) in [5.41, 5.74) is 5.09. The van der Waals surface area contributed by atoms with Crippen LogP contribution in [0.15, 0.2) is 54.9 Å². The average Bonchev–Trinajstić information content (AvgIpc) is 3.45. The van der Waals surface area contributed by atoms with Crippen LogP contribution in [-0.4, -0.2) is 39.4 Å². The van der Waals surface area contributed by atoms with Crippen LogP contribution in [0.2, 0.25) is 0 Å². The van der Waals surface area contributed by atoms with Crippen LogP contribution in [0.4, 0.5) is 5.82 Å². The maximum atomic E-state index is 9.15. The largest absolute Gasteiger partial charge is 0.368 e. The fourth-order valence-electron chi connectivity index (χ4n) is 4.02. The van der Waals surface area contributed by atoms with Gasteiger partial charge in [0.05, 0.1) is 34.7 Å². The number of aryl methyl sites for hydroxylation is 1. The topological polar surface area (TPSA) is 91.5 Å². The normalized spacial score (nSPS) is 15.8. The molecule has 0 spiro atoms. The van der Waals surface area contributed by atoms with E-state index in [1.807, 2.05) is 54.3 Å². The zero-order valence-corrected chi connectivity index (χ0v) is 17.3. The minimum Gasteiger partial charge on any atom is -0.368 e. The van der Waals surface area contributed by atoms with E-state index in [2.05, 4.69) is 27.9 Å². The lowest BCUT2D eigenvalue weighted by Crippen LogP contribution is -2.18. The van der Waals surface area contributed by atoms with Gasteiger partial charge < -0.3 is 10.6 Å². The van der Waals surface area contributed by atoms with E-state index in [0.717, 1.165) is 58.9 Å². The Balaban J connectivity index is 1.55. The lowest BCUT2D eigenvalue weighted by Gasteiger charge is -2.14. The SMILES string of the molecule is Cn1cc2cc(-c3ncc(NCC4CCNC4)nc3-c3ccc(C#N)cc3)ccc2n1. The Morgan fingerprint density at radius 3 is 2.77 bits per heavy atom. The molecule has 2 aromatic heterocycles. The summed E-state index contributed by atoms with van der Waals surface area (Å²) in [5.74, 6) is 1.37. The third kappa shape index (κ3) is 3.98. The number of fused-ring (bicyclic) bond motifs is 1. The summed E-state index contributed by atoms with van der Waals surface area (Å²) in [7, 11) is 1.92. The van der Waals surface area contributed by atoms with Crippen molar-refractivity contribution in [3.63, 3.8) is 0 Å². The van der Waals surface area contributed by atoms with Gasteiger partial charge in [-0.25, -0.2) is 4.98 Å². The van der Waals surface area contributed by atoms with Crippen molar-refractivity contribution in [2.45, 2.75) is 6.42 Å². The van der Waals surface area contributed by atoms with Gasteiger partial charge in [-0.05, 0) is 49.7 Å². The molecular formula is C24H23N7. The first-order valence-corrected chi connectivity index (χ1v) is 10.5. The predicted octanol–water partition coefficient (Wildman–Crippen LogP) is 3.59. The second-order valence-electron chi connectivity index (χ2n) is 7.96. The highest BCUT2D eigenvalue weighted by Gasteiger charge is 2.16. The fourth-order valence-corrected chi connectivity index (χ4v) is 4.02. The number of hydrogen-bond donors (Lipinski definition) is 2. The predicted molar refractivity (Wildman–Crippen MR) is 121 cm³/mol. The molecule has 1 atom stereocenters. The van der Waals surface area contributed by atoms with Crippen molar-refractivity contribution in [2.24, 2.45) is 13.0 Å². The van der Waals surface area contributed by atoms with E-state index in [4.69, 9.17) is 15.2 Å². The lowest BCUT2D eigenvalue weighted by atomic mass is 10.0. The Hall–Kier alpha value is -3.76. The summed E-state index contributed by atoms with van der Waals surface area (Å²) in [6, 6.07) is 15.8. The molecule has 1 unspecified atom stereocenters. The van der Waals surface area contributed by atoms with E-state index < -0.39 is 0 Å². The van der Waals surface area contributed by atoms with Gasteiger partial charge in [0, 0.05) is 36.3 Å². The zero-order chi connectivity index (χ0) is 21.2. The average molecular weight is 409 g/mol. The summed E-state index contributed by atoms with van der Waals surface area (Å²) in [5, 5.41) is 21.5. The van der Waals surface area contributed by atoms with Crippen LogP contribution >= 0.6 is 0 Å². The molecule has 154 valence electrons. The van der Waals surface area contributed by atoms with Crippen molar-refractivity contribution < 1.29 is 0 Å². The number of anilines is 1.